The lowest BCUT2D eigenvalue weighted by Gasteiger charge is -2.29. The fourth-order valence-corrected chi connectivity index (χ4v) is 5.50. The minimum Gasteiger partial charge on any atom is -0.327 e. The monoisotopic (exact) mass is 474 g/mol. The number of thiazole rings is 1. The van der Waals surface area contributed by atoms with Gasteiger partial charge in [-0.3, -0.25) is 10.1 Å². The third kappa shape index (κ3) is 4.81. The highest BCUT2D eigenvalue weighted by molar-refractivity contribution is 7.16. The molecule has 3 heterocycles. The van der Waals surface area contributed by atoms with Crippen molar-refractivity contribution in [2.75, 3.05) is 11.9 Å². The zero-order chi connectivity index (χ0) is 22.6. The molecule has 6 nitrogen and oxygen atoms in total. The molecule has 0 unspecified atom stereocenters. The van der Waals surface area contributed by atoms with Crippen LogP contribution in [-0.4, -0.2) is 28.4 Å². The highest BCUT2D eigenvalue weighted by Gasteiger charge is 2.27. The molecule has 8 heteroatoms. The molecule has 0 saturated heterocycles. The molecule has 0 atom stereocenters. The first kappa shape index (κ1) is 21.4. The number of carbonyl (C=O) groups is 2. The van der Waals surface area contributed by atoms with Crippen molar-refractivity contribution in [3.63, 3.8) is 0 Å². The number of amides is 3. The zero-order valence-electron chi connectivity index (χ0n) is 17.7. The number of thiophene rings is 1. The predicted molar refractivity (Wildman–Crippen MR) is 132 cm³/mol. The fourth-order valence-electron chi connectivity index (χ4n) is 3.85. The lowest BCUT2D eigenvalue weighted by atomic mass is 9.99. The second-order valence-electron chi connectivity index (χ2n) is 7.73. The van der Waals surface area contributed by atoms with Crippen LogP contribution in [0.25, 0.3) is 0 Å². The number of anilines is 1. The summed E-state index contributed by atoms with van der Waals surface area (Å²) in [5.74, 6) is -0.162. The number of urea groups is 1. The van der Waals surface area contributed by atoms with Gasteiger partial charge in [-0.1, -0.05) is 72.0 Å². The van der Waals surface area contributed by atoms with E-state index in [-0.39, 0.29) is 18.0 Å². The first-order valence-corrected chi connectivity index (χ1v) is 12.4. The topological polar surface area (TPSA) is 74.3 Å². The highest BCUT2D eigenvalue weighted by atomic mass is 32.1. The van der Waals surface area contributed by atoms with Crippen molar-refractivity contribution in [2.24, 2.45) is 0 Å². The summed E-state index contributed by atoms with van der Waals surface area (Å²) in [6.07, 6.45) is 0.662. The van der Waals surface area contributed by atoms with Crippen LogP contribution in [0.15, 0.2) is 77.5 Å². The third-order valence-corrected chi connectivity index (χ3v) is 7.24. The lowest BCUT2D eigenvalue weighted by Crippen LogP contribution is -2.44. The van der Waals surface area contributed by atoms with Crippen molar-refractivity contribution < 1.29 is 9.59 Å². The number of nitrogens with zero attached hydrogens (tertiary/aromatic N) is 2. The van der Waals surface area contributed by atoms with Crippen molar-refractivity contribution in [2.45, 2.75) is 19.0 Å². The van der Waals surface area contributed by atoms with Crippen molar-refractivity contribution >= 4 is 39.7 Å². The van der Waals surface area contributed by atoms with Crippen LogP contribution < -0.4 is 10.6 Å². The maximum Gasteiger partial charge on any atom is 0.318 e. The smallest absolute Gasteiger partial charge is 0.318 e. The first-order chi connectivity index (χ1) is 16.2. The van der Waals surface area contributed by atoms with Gasteiger partial charge in [-0.25, -0.2) is 9.78 Å². The Kier molecular flexibility index (Phi) is 6.19. The van der Waals surface area contributed by atoms with Crippen LogP contribution in [0.1, 0.15) is 38.1 Å². The van der Waals surface area contributed by atoms with Crippen molar-refractivity contribution in [1.82, 2.24) is 15.2 Å². The molecule has 2 aromatic heterocycles. The quantitative estimate of drug-likeness (QED) is 0.411. The Labute approximate surface area is 199 Å². The van der Waals surface area contributed by atoms with E-state index in [9.17, 15) is 9.59 Å². The Morgan fingerprint density at radius 1 is 0.970 bits per heavy atom. The number of fused-ring (bicyclic) bond motifs is 1. The molecule has 0 spiro atoms. The molecule has 166 valence electrons. The molecular formula is C25H22N4O2S2. The van der Waals surface area contributed by atoms with Crippen molar-refractivity contribution in [3.05, 3.63) is 105 Å². The molecular weight excluding hydrogens is 452 g/mol. The van der Waals surface area contributed by atoms with E-state index in [0.29, 0.717) is 30.2 Å². The van der Waals surface area contributed by atoms with E-state index in [2.05, 4.69) is 15.6 Å². The predicted octanol–water partition coefficient (Wildman–Crippen LogP) is 5.31. The molecule has 0 saturated carbocycles. The molecule has 2 aromatic carbocycles. The van der Waals surface area contributed by atoms with Gasteiger partial charge in [-0.05, 0) is 22.6 Å². The van der Waals surface area contributed by atoms with E-state index in [1.165, 1.54) is 22.7 Å². The summed E-state index contributed by atoms with van der Waals surface area (Å²) in [4.78, 5) is 33.0. The number of aromatic nitrogens is 1. The molecule has 3 amide bonds. The van der Waals surface area contributed by atoms with Crippen LogP contribution in [0, 0.1) is 0 Å². The molecule has 5 rings (SSSR count). The number of rotatable bonds is 5. The van der Waals surface area contributed by atoms with Gasteiger partial charge >= 0.3 is 6.03 Å². The Morgan fingerprint density at radius 2 is 1.67 bits per heavy atom. The standard InChI is InChI=1S/C25H22N4O2S2/c30-23(19-12-14-32-16-19)28-24-26-20-11-13-29(15-21(20)33-24)25(31)27-22(17-7-3-1-4-8-17)18-9-5-2-6-10-18/h1-10,12,14,16,22H,11,13,15H2,(H,27,31)(H,26,28,30). The summed E-state index contributed by atoms with van der Waals surface area (Å²) in [5.41, 5.74) is 3.64. The van der Waals surface area contributed by atoms with E-state index in [0.717, 1.165) is 21.7 Å². The Morgan fingerprint density at radius 3 is 2.30 bits per heavy atom. The molecule has 1 aliphatic heterocycles. The Hall–Kier alpha value is -3.49. The van der Waals surface area contributed by atoms with Gasteiger partial charge in [-0.2, -0.15) is 11.3 Å². The Balaban J connectivity index is 1.29. The van der Waals surface area contributed by atoms with E-state index in [1.54, 1.807) is 6.07 Å². The van der Waals surface area contributed by atoms with Crippen molar-refractivity contribution in [3.8, 4) is 0 Å². The Bertz CT molecular complexity index is 1200. The van der Waals surface area contributed by atoms with Gasteiger partial charge in [0.2, 0.25) is 0 Å². The van der Waals surface area contributed by atoms with Gasteiger partial charge in [-0.15, -0.1) is 0 Å². The van der Waals surface area contributed by atoms with Crippen molar-refractivity contribution in [1.29, 1.82) is 0 Å². The second kappa shape index (κ2) is 9.56. The van der Waals surface area contributed by atoms with Crippen LogP contribution in [0.2, 0.25) is 0 Å². The molecule has 33 heavy (non-hydrogen) atoms. The molecule has 4 aromatic rings. The summed E-state index contributed by atoms with van der Waals surface area (Å²) in [7, 11) is 0. The van der Waals surface area contributed by atoms with Crippen LogP contribution in [0.4, 0.5) is 9.93 Å². The number of nitrogens with one attached hydrogen (secondary N) is 2. The molecule has 2 N–H and O–H groups in total. The summed E-state index contributed by atoms with van der Waals surface area (Å²) in [6.45, 7) is 1.06. The van der Waals surface area contributed by atoms with Gasteiger partial charge in [0.05, 0.1) is 23.8 Å². The lowest BCUT2D eigenvalue weighted by molar-refractivity contribution is 0.102. The SMILES string of the molecule is O=C(Nc1nc2c(s1)CN(C(=O)NC(c1ccccc1)c1ccccc1)CC2)c1ccsc1. The zero-order valence-corrected chi connectivity index (χ0v) is 19.4. The average Bonchev–Trinajstić information content (AvgIpc) is 3.53. The summed E-state index contributed by atoms with van der Waals surface area (Å²) in [5, 5.41) is 10.3. The average molecular weight is 475 g/mol. The first-order valence-electron chi connectivity index (χ1n) is 10.6. The van der Waals surface area contributed by atoms with Gasteiger partial charge in [0.15, 0.2) is 5.13 Å². The molecule has 0 bridgehead atoms. The molecule has 0 aliphatic carbocycles. The highest BCUT2D eigenvalue weighted by Crippen LogP contribution is 2.29. The molecule has 0 fully saturated rings. The van der Waals surface area contributed by atoms with Gasteiger partial charge in [0.25, 0.3) is 5.91 Å². The fraction of sp³-hybridized carbons (Fsp3) is 0.160. The molecule has 1 aliphatic rings. The number of benzene rings is 2. The van der Waals surface area contributed by atoms with Crippen LogP contribution in [0.3, 0.4) is 0 Å². The van der Waals surface area contributed by atoms with Gasteiger partial charge < -0.3 is 10.2 Å². The van der Waals surface area contributed by atoms with Crippen LogP contribution in [-0.2, 0) is 13.0 Å². The summed E-state index contributed by atoms with van der Waals surface area (Å²) >= 11 is 2.91. The minimum absolute atomic E-state index is 0.115. The minimum atomic E-state index is -0.233. The van der Waals surface area contributed by atoms with E-state index in [4.69, 9.17) is 0 Å². The normalized spacial score (nSPS) is 12.9. The maximum absolute atomic E-state index is 13.2. The van der Waals surface area contributed by atoms with E-state index in [1.807, 2.05) is 76.3 Å². The number of carbonyl (C=O) groups excluding carboxylic acids is 2. The van der Waals surface area contributed by atoms with Gasteiger partial charge in [0.1, 0.15) is 0 Å². The van der Waals surface area contributed by atoms with Crippen LogP contribution in [0.5, 0.6) is 0 Å². The summed E-state index contributed by atoms with van der Waals surface area (Å²) < 4.78 is 0. The summed E-state index contributed by atoms with van der Waals surface area (Å²) in [6, 6.07) is 21.4. The maximum atomic E-state index is 13.2. The largest absolute Gasteiger partial charge is 0.327 e. The van der Waals surface area contributed by atoms with E-state index >= 15 is 0 Å². The second-order valence-corrected chi connectivity index (χ2v) is 9.59. The number of hydrogen-bond donors (Lipinski definition) is 2. The van der Waals surface area contributed by atoms with E-state index < -0.39 is 0 Å². The molecule has 0 radical (unpaired) electrons. The third-order valence-electron chi connectivity index (χ3n) is 5.56. The van der Waals surface area contributed by atoms with Crippen LogP contribution >= 0.6 is 22.7 Å². The number of hydrogen-bond acceptors (Lipinski definition) is 5. The van der Waals surface area contributed by atoms with Gasteiger partial charge in [0, 0.05) is 23.2 Å².